The molecule has 1 heterocycles. The van der Waals surface area contributed by atoms with E-state index in [4.69, 9.17) is 0 Å². The lowest BCUT2D eigenvalue weighted by Crippen LogP contribution is -2.57. The lowest BCUT2D eigenvalue weighted by Gasteiger charge is -2.37. The van der Waals surface area contributed by atoms with Gasteiger partial charge in [0.2, 0.25) is 5.91 Å². The van der Waals surface area contributed by atoms with Gasteiger partial charge in [0.05, 0.1) is 5.75 Å². The predicted molar refractivity (Wildman–Crippen MR) is 84.5 cm³/mol. The van der Waals surface area contributed by atoms with E-state index in [1.165, 1.54) is 0 Å². The van der Waals surface area contributed by atoms with Crippen LogP contribution in [0.5, 0.6) is 0 Å². The molecule has 2 fully saturated rings. The summed E-state index contributed by atoms with van der Waals surface area (Å²) in [5, 5.41) is 16.2. The van der Waals surface area contributed by atoms with E-state index in [0.29, 0.717) is 29.8 Å². The van der Waals surface area contributed by atoms with Crippen LogP contribution in [0.2, 0.25) is 0 Å². The molecule has 0 spiro atoms. The van der Waals surface area contributed by atoms with Crippen molar-refractivity contribution in [3.05, 3.63) is 0 Å². The molecule has 6 heteroatoms. The number of hydrogen-bond acceptors (Lipinski definition) is 4. The molecule has 1 aliphatic heterocycles. The summed E-state index contributed by atoms with van der Waals surface area (Å²) in [6.07, 6.45) is 5.19. The third-order valence-electron chi connectivity index (χ3n) is 4.52. The van der Waals surface area contributed by atoms with Crippen LogP contribution < -0.4 is 10.6 Å². The Morgan fingerprint density at radius 1 is 1.33 bits per heavy atom. The maximum Gasteiger partial charge on any atom is 0.329 e. The number of rotatable bonds is 5. The molecule has 2 rings (SSSR count). The van der Waals surface area contributed by atoms with Gasteiger partial charge in [0.25, 0.3) is 0 Å². The Kier molecular flexibility index (Phi) is 5.93. The first-order valence-corrected chi connectivity index (χ1v) is 8.93. The average Bonchev–Trinajstić information content (AvgIpc) is 2.46. The minimum Gasteiger partial charge on any atom is -0.480 e. The molecule has 1 amide bonds. The Labute approximate surface area is 130 Å². The van der Waals surface area contributed by atoms with E-state index >= 15 is 0 Å². The van der Waals surface area contributed by atoms with Crippen LogP contribution in [0.15, 0.2) is 0 Å². The minimum atomic E-state index is -1.04. The molecule has 2 atom stereocenters. The normalized spacial score (nSPS) is 30.8. The second-order valence-electron chi connectivity index (χ2n) is 6.40. The van der Waals surface area contributed by atoms with Crippen LogP contribution in [0.1, 0.15) is 45.4 Å². The molecular formula is C15H26N2O3S. The summed E-state index contributed by atoms with van der Waals surface area (Å²) in [7, 11) is 0. The molecule has 5 nitrogen and oxygen atoms in total. The van der Waals surface area contributed by atoms with Gasteiger partial charge in [0, 0.05) is 5.25 Å². The zero-order valence-corrected chi connectivity index (χ0v) is 13.5. The van der Waals surface area contributed by atoms with Gasteiger partial charge in [-0.25, -0.2) is 4.79 Å². The van der Waals surface area contributed by atoms with Crippen molar-refractivity contribution in [3.8, 4) is 0 Å². The van der Waals surface area contributed by atoms with E-state index in [2.05, 4.69) is 17.6 Å². The van der Waals surface area contributed by atoms with Gasteiger partial charge in [-0.2, -0.15) is 0 Å². The highest BCUT2D eigenvalue weighted by molar-refractivity contribution is 8.00. The van der Waals surface area contributed by atoms with Crippen LogP contribution in [0.25, 0.3) is 0 Å². The number of amides is 1. The van der Waals surface area contributed by atoms with Crippen molar-refractivity contribution >= 4 is 23.6 Å². The number of carboxylic acid groups (broad SMARTS) is 1. The molecule has 3 N–H and O–H groups in total. The molecule has 0 aromatic heterocycles. The van der Waals surface area contributed by atoms with Crippen molar-refractivity contribution < 1.29 is 14.7 Å². The molecule has 1 aliphatic carbocycles. The molecule has 0 aromatic carbocycles. The van der Waals surface area contributed by atoms with Gasteiger partial charge < -0.3 is 15.7 Å². The Bertz CT molecular complexity index is 385. The quantitative estimate of drug-likeness (QED) is 0.719. The van der Waals surface area contributed by atoms with Gasteiger partial charge in [-0.1, -0.05) is 19.8 Å². The molecule has 2 unspecified atom stereocenters. The predicted octanol–water partition coefficient (Wildman–Crippen LogP) is 1.62. The third-order valence-corrected chi connectivity index (χ3v) is 5.89. The molecule has 2 aliphatic rings. The highest BCUT2D eigenvalue weighted by Gasteiger charge is 2.43. The monoisotopic (exact) mass is 314 g/mol. The molecular weight excluding hydrogens is 288 g/mol. The number of piperidine rings is 1. The second kappa shape index (κ2) is 7.49. The molecule has 0 aromatic rings. The summed E-state index contributed by atoms with van der Waals surface area (Å²) in [6.45, 7) is 4.08. The van der Waals surface area contributed by atoms with E-state index in [9.17, 15) is 14.7 Å². The van der Waals surface area contributed by atoms with Crippen molar-refractivity contribution in [3.63, 3.8) is 0 Å². The number of thioether (sulfide) groups is 1. The van der Waals surface area contributed by atoms with Crippen LogP contribution in [0.4, 0.5) is 0 Å². The van der Waals surface area contributed by atoms with Crippen LogP contribution in [0.3, 0.4) is 0 Å². The highest BCUT2D eigenvalue weighted by Crippen LogP contribution is 2.32. The lowest BCUT2D eigenvalue weighted by atomic mass is 9.76. The van der Waals surface area contributed by atoms with Gasteiger partial charge in [-0.05, 0) is 44.7 Å². The standard InChI is InChI=1S/C15H26N2O3S/c1-11-3-2-6-15(9-11,14(19)20)17-13(18)10-21-12-4-7-16-8-5-12/h11-12,16H,2-10H2,1H3,(H,17,18)(H,19,20). The number of carboxylic acids is 1. The summed E-state index contributed by atoms with van der Waals surface area (Å²) in [5.74, 6) is -0.287. The molecule has 120 valence electrons. The van der Waals surface area contributed by atoms with Gasteiger partial charge >= 0.3 is 5.97 Å². The molecule has 21 heavy (non-hydrogen) atoms. The van der Waals surface area contributed by atoms with Gasteiger partial charge in [-0.15, -0.1) is 11.8 Å². The lowest BCUT2D eigenvalue weighted by molar-refractivity contribution is -0.149. The van der Waals surface area contributed by atoms with E-state index < -0.39 is 11.5 Å². The van der Waals surface area contributed by atoms with Crippen LogP contribution in [-0.4, -0.2) is 46.6 Å². The van der Waals surface area contributed by atoms with Crippen LogP contribution in [0, 0.1) is 5.92 Å². The molecule has 0 bridgehead atoms. The smallest absolute Gasteiger partial charge is 0.329 e. The van der Waals surface area contributed by atoms with Crippen molar-refractivity contribution in [1.82, 2.24) is 10.6 Å². The maximum absolute atomic E-state index is 12.2. The number of carbonyl (C=O) groups excluding carboxylic acids is 1. The largest absolute Gasteiger partial charge is 0.480 e. The fourth-order valence-electron chi connectivity index (χ4n) is 3.37. The number of carbonyl (C=O) groups is 2. The van der Waals surface area contributed by atoms with Crippen LogP contribution in [-0.2, 0) is 9.59 Å². The third kappa shape index (κ3) is 4.61. The summed E-state index contributed by atoms with van der Waals surface area (Å²) in [6, 6.07) is 0. The summed E-state index contributed by atoms with van der Waals surface area (Å²) in [5.41, 5.74) is -1.04. The summed E-state index contributed by atoms with van der Waals surface area (Å²) in [4.78, 5) is 23.8. The van der Waals surface area contributed by atoms with E-state index in [1.807, 2.05) is 0 Å². The highest BCUT2D eigenvalue weighted by atomic mass is 32.2. The first kappa shape index (κ1) is 16.6. The number of hydrogen-bond donors (Lipinski definition) is 3. The van der Waals surface area contributed by atoms with E-state index in [0.717, 1.165) is 38.8 Å². The van der Waals surface area contributed by atoms with Crippen LogP contribution >= 0.6 is 11.8 Å². The SMILES string of the molecule is CC1CCCC(NC(=O)CSC2CCNCC2)(C(=O)O)C1. The Balaban J connectivity index is 1.84. The molecule has 1 saturated carbocycles. The maximum atomic E-state index is 12.2. The Morgan fingerprint density at radius 2 is 2.05 bits per heavy atom. The Hall–Kier alpha value is -0.750. The molecule has 1 saturated heterocycles. The van der Waals surface area contributed by atoms with E-state index in [-0.39, 0.29) is 5.91 Å². The first-order chi connectivity index (χ1) is 10.0. The average molecular weight is 314 g/mol. The zero-order chi connectivity index (χ0) is 15.3. The van der Waals surface area contributed by atoms with Gasteiger partial charge in [0.1, 0.15) is 5.54 Å². The second-order valence-corrected chi connectivity index (χ2v) is 7.69. The van der Waals surface area contributed by atoms with E-state index in [1.54, 1.807) is 11.8 Å². The van der Waals surface area contributed by atoms with Gasteiger partial charge in [-0.3, -0.25) is 4.79 Å². The van der Waals surface area contributed by atoms with Crippen molar-refractivity contribution in [2.24, 2.45) is 5.92 Å². The van der Waals surface area contributed by atoms with Gasteiger partial charge in [0.15, 0.2) is 0 Å². The number of nitrogens with one attached hydrogen (secondary N) is 2. The topological polar surface area (TPSA) is 78.4 Å². The minimum absolute atomic E-state index is 0.130. The van der Waals surface area contributed by atoms with Crippen molar-refractivity contribution in [2.75, 3.05) is 18.8 Å². The fraction of sp³-hybridized carbons (Fsp3) is 0.867. The fourth-order valence-corrected chi connectivity index (χ4v) is 4.40. The molecule has 0 radical (unpaired) electrons. The Morgan fingerprint density at radius 3 is 2.67 bits per heavy atom. The zero-order valence-electron chi connectivity index (χ0n) is 12.7. The summed E-state index contributed by atoms with van der Waals surface area (Å²) >= 11 is 1.66. The van der Waals surface area contributed by atoms with Crippen molar-refractivity contribution in [1.29, 1.82) is 0 Å². The number of aliphatic carboxylic acids is 1. The van der Waals surface area contributed by atoms with Crippen molar-refractivity contribution in [2.45, 2.75) is 56.2 Å². The first-order valence-electron chi connectivity index (χ1n) is 7.88. The summed E-state index contributed by atoms with van der Waals surface area (Å²) < 4.78 is 0.